The zero-order valence-electron chi connectivity index (χ0n) is 9.80. The van der Waals surface area contributed by atoms with Crippen LogP contribution in [0.15, 0.2) is 29.1 Å². The molecule has 1 aromatic heterocycles. The summed E-state index contributed by atoms with van der Waals surface area (Å²) in [5.74, 6) is -4.04. The maximum atomic E-state index is 13.7. The van der Waals surface area contributed by atoms with Gasteiger partial charge in [0.05, 0.1) is 5.69 Å². The third-order valence-electron chi connectivity index (χ3n) is 2.66. The van der Waals surface area contributed by atoms with Crippen LogP contribution in [-0.2, 0) is 0 Å². The highest BCUT2D eigenvalue weighted by atomic mass is 19.2. The van der Waals surface area contributed by atoms with Crippen LogP contribution in [-0.4, -0.2) is 4.57 Å². The second kappa shape index (κ2) is 4.33. The molecule has 0 aliphatic carbocycles. The number of pyridine rings is 1. The van der Waals surface area contributed by atoms with Gasteiger partial charge >= 0.3 is 0 Å². The van der Waals surface area contributed by atoms with E-state index in [0.717, 1.165) is 12.1 Å². The highest BCUT2D eigenvalue weighted by Gasteiger charge is 2.16. The van der Waals surface area contributed by atoms with Crippen molar-refractivity contribution in [2.75, 3.05) is 0 Å². The van der Waals surface area contributed by atoms with E-state index in [2.05, 4.69) is 0 Å². The topological polar surface area (TPSA) is 22.0 Å². The fourth-order valence-electron chi connectivity index (χ4n) is 1.93. The molecule has 0 fully saturated rings. The Bertz CT molecular complexity index is 650. The smallest absolute Gasteiger partial charge is 0.196 e. The molecule has 94 valence electrons. The van der Waals surface area contributed by atoms with E-state index in [1.54, 1.807) is 13.8 Å². The first-order chi connectivity index (χ1) is 8.41. The number of nitrogens with zero attached hydrogens (tertiary/aromatic N) is 1. The van der Waals surface area contributed by atoms with Gasteiger partial charge in [0.2, 0.25) is 0 Å². The third kappa shape index (κ3) is 1.92. The summed E-state index contributed by atoms with van der Waals surface area (Å²) in [5.41, 5.74) is 0.558. The van der Waals surface area contributed by atoms with Crippen LogP contribution in [0.4, 0.5) is 13.2 Å². The molecule has 2 aromatic rings. The summed E-state index contributed by atoms with van der Waals surface area (Å²) in [5, 5.41) is 0. The van der Waals surface area contributed by atoms with Crippen molar-refractivity contribution >= 4 is 0 Å². The summed E-state index contributed by atoms with van der Waals surface area (Å²) in [7, 11) is 0. The minimum absolute atomic E-state index is 0.121. The molecule has 0 bridgehead atoms. The van der Waals surface area contributed by atoms with Gasteiger partial charge in [0.25, 0.3) is 0 Å². The molecule has 0 saturated carbocycles. The summed E-state index contributed by atoms with van der Waals surface area (Å²) in [4.78, 5) is 11.3. The lowest BCUT2D eigenvalue weighted by atomic mass is 10.2. The van der Waals surface area contributed by atoms with Crippen LogP contribution >= 0.6 is 0 Å². The number of aromatic nitrogens is 1. The van der Waals surface area contributed by atoms with Crippen molar-refractivity contribution in [1.82, 2.24) is 4.57 Å². The van der Waals surface area contributed by atoms with Crippen molar-refractivity contribution in [3.63, 3.8) is 0 Å². The summed E-state index contributed by atoms with van der Waals surface area (Å²) in [6.07, 6.45) is 0. The van der Waals surface area contributed by atoms with Gasteiger partial charge in [-0.15, -0.1) is 0 Å². The van der Waals surface area contributed by atoms with Gasteiger partial charge in [0, 0.05) is 23.5 Å². The summed E-state index contributed by atoms with van der Waals surface area (Å²) >= 11 is 0. The maximum absolute atomic E-state index is 13.7. The van der Waals surface area contributed by atoms with Gasteiger partial charge in [0.1, 0.15) is 0 Å². The summed E-state index contributed by atoms with van der Waals surface area (Å²) in [6, 6.07) is 4.59. The van der Waals surface area contributed by atoms with E-state index in [4.69, 9.17) is 0 Å². The normalized spacial score (nSPS) is 10.7. The summed E-state index contributed by atoms with van der Waals surface area (Å²) in [6.45, 7) is 3.18. The molecule has 0 saturated heterocycles. The van der Waals surface area contributed by atoms with Crippen LogP contribution in [0.25, 0.3) is 5.69 Å². The molecule has 0 spiro atoms. The van der Waals surface area contributed by atoms with E-state index in [9.17, 15) is 18.0 Å². The monoisotopic (exact) mass is 253 g/mol. The quantitative estimate of drug-likeness (QED) is 0.716. The zero-order chi connectivity index (χ0) is 13.4. The number of halogens is 3. The average Bonchev–Trinajstić information content (AvgIpc) is 2.28. The molecular formula is C13H10F3NO. The lowest BCUT2D eigenvalue weighted by molar-refractivity contribution is 0.444. The third-order valence-corrected chi connectivity index (χ3v) is 2.66. The molecule has 2 nitrogen and oxygen atoms in total. The van der Waals surface area contributed by atoms with Crippen molar-refractivity contribution in [2.45, 2.75) is 13.8 Å². The van der Waals surface area contributed by atoms with Crippen LogP contribution < -0.4 is 5.43 Å². The highest BCUT2D eigenvalue weighted by Crippen LogP contribution is 2.21. The molecule has 2 rings (SSSR count). The predicted octanol–water partition coefficient (Wildman–Crippen LogP) is 2.87. The Morgan fingerprint density at radius 1 is 0.944 bits per heavy atom. The van der Waals surface area contributed by atoms with E-state index >= 15 is 0 Å². The number of hydrogen-bond donors (Lipinski definition) is 0. The van der Waals surface area contributed by atoms with Crippen LogP contribution in [0, 0.1) is 31.3 Å². The van der Waals surface area contributed by atoms with Crippen LogP contribution in [0.1, 0.15) is 11.4 Å². The highest BCUT2D eigenvalue weighted by molar-refractivity contribution is 5.39. The van der Waals surface area contributed by atoms with E-state index in [1.165, 1.54) is 16.7 Å². The van der Waals surface area contributed by atoms with Crippen molar-refractivity contribution in [1.29, 1.82) is 0 Å². The Morgan fingerprint density at radius 2 is 1.50 bits per heavy atom. The second-order valence-electron chi connectivity index (χ2n) is 4.00. The van der Waals surface area contributed by atoms with Crippen LogP contribution in [0.5, 0.6) is 0 Å². The van der Waals surface area contributed by atoms with Gasteiger partial charge in [-0.2, -0.15) is 0 Å². The second-order valence-corrected chi connectivity index (χ2v) is 4.00. The fourth-order valence-corrected chi connectivity index (χ4v) is 1.93. The lowest BCUT2D eigenvalue weighted by Crippen LogP contribution is -2.13. The van der Waals surface area contributed by atoms with Gasteiger partial charge in [-0.05, 0) is 26.0 Å². The Labute approximate surface area is 101 Å². The SMILES string of the molecule is Cc1cc(=O)cc(C)n1-c1ccc(F)c(F)c1F. The van der Waals surface area contributed by atoms with Crippen LogP contribution in [0.2, 0.25) is 0 Å². The number of benzene rings is 1. The van der Waals surface area contributed by atoms with Crippen molar-refractivity contribution in [2.24, 2.45) is 0 Å². The van der Waals surface area contributed by atoms with E-state index in [0.29, 0.717) is 11.4 Å². The Balaban J connectivity index is 2.78. The minimum Gasteiger partial charge on any atom is -0.315 e. The molecule has 0 atom stereocenters. The lowest BCUT2D eigenvalue weighted by Gasteiger charge is -2.15. The molecule has 0 radical (unpaired) electrons. The van der Waals surface area contributed by atoms with Gasteiger partial charge in [0.15, 0.2) is 22.9 Å². The van der Waals surface area contributed by atoms with E-state index in [1.807, 2.05) is 0 Å². The Hall–Kier alpha value is -2.04. The van der Waals surface area contributed by atoms with E-state index in [-0.39, 0.29) is 11.1 Å². The molecule has 0 amide bonds. The first-order valence-electron chi connectivity index (χ1n) is 5.26. The Kier molecular flexibility index (Phi) is 2.98. The molecular weight excluding hydrogens is 243 g/mol. The zero-order valence-corrected chi connectivity index (χ0v) is 9.80. The molecule has 0 aliphatic rings. The molecule has 1 aromatic carbocycles. The predicted molar refractivity (Wildman–Crippen MR) is 61.4 cm³/mol. The number of rotatable bonds is 1. The first kappa shape index (κ1) is 12.4. The van der Waals surface area contributed by atoms with Crippen LogP contribution in [0.3, 0.4) is 0 Å². The number of aryl methyl sites for hydroxylation is 2. The molecule has 18 heavy (non-hydrogen) atoms. The molecule has 0 N–H and O–H groups in total. The van der Waals surface area contributed by atoms with Crippen molar-refractivity contribution in [3.05, 3.63) is 63.3 Å². The minimum atomic E-state index is -1.52. The van der Waals surface area contributed by atoms with Gasteiger partial charge in [-0.3, -0.25) is 4.79 Å². The molecule has 5 heteroatoms. The van der Waals surface area contributed by atoms with Gasteiger partial charge in [-0.1, -0.05) is 0 Å². The first-order valence-corrected chi connectivity index (χ1v) is 5.26. The van der Waals surface area contributed by atoms with E-state index < -0.39 is 17.5 Å². The van der Waals surface area contributed by atoms with Crippen molar-refractivity contribution in [3.8, 4) is 5.69 Å². The molecule has 0 unspecified atom stereocenters. The van der Waals surface area contributed by atoms with Gasteiger partial charge < -0.3 is 4.57 Å². The van der Waals surface area contributed by atoms with Crippen molar-refractivity contribution < 1.29 is 13.2 Å². The van der Waals surface area contributed by atoms with Gasteiger partial charge in [-0.25, -0.2) is 13.2 Å². The maximum Gasteiger partial charge on any atom is 0.196 e. The fraction of sp³-hybridized carbons (Fsp3) is 0.154. The largest absolute Gasteiger partial charge is 0.315 e. The average molecular weight is 253 g/mol. The standard InChI is InChI=1S/C13H10F3NO/c1-7-5-9(18)6-8(2)17(7)11-4-3-10(14)12(15)13(11)16/h3-6H,1-2H3. The molecule has 0 aliphatic heterocycles. The summed E-state index contributed by atoms with van der Waals surface area (Å²) < 4.78 is 41.1. The number of hydrogen-bond acceptors (Lipinski definition) is 1. The molecule has 1 heterocycles. The Morgan fingerprint density at radius 3 is 2.06 bits per heavy atom.